The highest BCUT2D eigenvalue weighted by Crippen LogP contribution is 2.41. The highest BCUT2D eigenvalue weighted by molar-refractivity contribution is 9.12. The summed E-state index contributed by atoms with van der Waals surface area (Å²) in [7, 11) is -4.16. The lowest BCUT2D eigenvalue weighted by Gasteiger charge is -2.12. The van der Waals surface area contributed by atoms with Crippen molar-refractivity contribution < 1.29 is 13.3 Å². The Hall–Kier alpha value is -0.0800. The largest absolute Gasteiger partial charge is 0.289 e. The van der Waals surface area contributed by atoms with Gasteiger partial charge in [-0.3, -0.25) is 10.1 Å². The molecule has 0 amide bonds. The fraction of sp³-hybridized carbons (Fsp3) is 0.143. The van der Waals surface area contributed by atoms with Crippen molar-refractivity contribution in [2.75, 3.05) is 0 Å². The Labute approximate surface area is 120 Å². The van der Waals surface area contributed by atoms with Gasteiger partial charge in [0.05, 0.1) is 9.82 Å². The Kier molecular flexibility index (Phi) is 4.31. The number of benzene rings is 1. The zero-order chi connectivity index (χ0) is 13.4. The Bertz CT molecular complexity index is 569. The molecule has 0 spiro atoms. The van der Waals surface area contributed by atoms with Crippen molar-refractivity contribution in [2.24, 2.45) is 0 Å². The Morgan fingerprint density at radius 1 is 1.35 bits per heavy atom. The molecule has 0 bridgehead atoms. The molecule has 0 unspecified atom stereocenters. The standard InChI is InChI=1S/C7H3BrCl3NO4S/c8-7(10,11)17(15,16)4-1-2-5(9)6(3-4)12(13)14/h1-3H. The fourth-order valence-corrected chi connectivity index (χ4v) is 3.00. The summed E-state index contributed by atoms with van der Waals surface area (Å²) in [5.41, 5.74) is -0.544. The van der Waals surface area contributed by atoms with Gasteiger partial charge in [-0.1, -0.05) is 34.8 Å². The van der Waals surface area contributed by atoms with Crippen LogP contribution in [0, 0.1) is 10.1 Å². The van der Waals surface area contributed by atoms with Crippen LogP contribution in [0.25, 0.3) is 0 Å². The SMILES string of the molecule is O=[N+]([O-])c1cc(S(=O)(=O)C(Cl)(Cl)Br)ccc1Cl. The van der Waals surface area contributed by atoms with Gasteiger partial charge in [0.2, 0.25) is 9.84 Å². The predicted molar refractivity (Wildman–Crippen MR) is 68.7 cm³/mol. The van der Waals surface area contributed by atoms with E-state index in [0.29, 0.717) is 0 Å². The molecule has 0 atom stereocenters. The summed E-state index contributed by atoms with van der Waals surface area (Å²) in [4.78, 5) is 9.39. The molecular formula is C7H3BrCl3NO4S. The molecule has 17 heavy (non-hydrogen) atoms. The van der Waals surface area contributed by atoms with Crippen molar-refractivity contribution in [1.29, 1.82) is 0 Å². The van der Waals surface area contributed by atoms with Crippen molar-refractivity contribution in [1.82, 2.24) is 0 Å². The average molecular weight is 383 g/mol. The van der Waals surface area contributed by atoms with Crippen LogP contribution >= 0.6 is 50.7 Å². The molecule has 1 aromatic rings. The van der Waals surface area contributed by atoms with Crippen LogP contribution in [0.2, 0.25) is 5.02 Å². The molecule has 0 aromatic heterocycles. The maximum Gasteiger partial charge on any atom is 0.289 e. The fourth-order valence-electron chi connectivity index (χ4n) is 0.933. The van der Waals surface area contributed by atoms with E-state index in [4.69, 9.17) is 34.8 Å². The first-order valence-corrected chi connectivity index (χ1v) is 7.23. The van der Waals surface area contributed by atoms with E-state index in [0.717, 1.165) is 18.2 Å². The van der Waals surface area contributed by atoms with E-state index in [1.807, 2.05) is 0 Å². The van der Waals surface area contributed by atoms with Crippen LogP contribution in [0.5, 0.6) is 0 Å². The number of sulfone groups is 1. The third-order valence-corrected chi connectivity index (χ3v) is 6.03. The maximum atomic E-state index is 11.8. The minimum Gasteiger partial charge on any atom is -0.258 e. The normalized spacial score (nSPS) is 12.5. The molecule has 94 valence electrons. The first-order chi connectivity index (χ1) is 7.57. The van der Waals surface area contributed by atoms with Crippen LogP contribution in [0.3, 0.4) is 0 Å². The minimum absolute atomic E-state index is 0.182. The number of rotatable bonds is 3. The van der Waals surface area contributed by atoms with Crippen molar-refractivity contribution in [3.8, 4) is 0 Å². The first-order valence-electron chi connectivity index (χ1n) is 3.82. The molecule has 1 rings (SSSR count). The smallest absolute Gasteiger partial charge is 0.258 e. The van der Waals surface area contributed by atoms with Gasteiger partial charge in [-0.15, -0.1) is 0 Å². The quantitative estimate of drug-likeness (QED) is 0.455. The lowest BCUT2D eigenvalue weighted by Crippen LogP contribution is -2.19. The molecule has 0 fully saturated rings. The molecule has 0 N–H and O–H groups in total. The summed E-state index contributed by atoms with van der Waals surface area (Å²) in [5.74, 6) is 0. The van der Waals surface area contributed by atoms with E-state index in [1.165, 1.54) is 0 Å². The number of hydrogen-bond acceptors (Lipinski definition) is 4. The van der Waals surface area contributed by atoms with E-state index in [-0.39, 0.29) is 5.02 Å². The van der Waals surface area contributed by atoms with Crippen molar-refractivity contribution >= 4 is 66.3 Å². The van der Waals surface area contributed by atoms with E-state index < -0.39 is 27.9 Å². The number of halogens is 4. The van der Waals surface area contributed by atoms with Crippen LogP contribution in [0.4, 0.5) is 5.69 Å². The summed E-state index contributed by atoms with van der Waals surface area (Å²) < 4.78 is 21.3. The molecule has 0 saturated carbocycles. The highest BCUT2D eigenvalue weighted by atomic mass is 79.9. The number of alkyl halides is 3. The topological polar surface area (TPSA) is 77.3 Å². The van der Waals surface area contributed by atoms with Gasteiger partial charge in [0.25, 0.3) is 8.26 Å². The van der Waals surface area contributed by atoms with Gasteiger partial charge in [0.15, 0.2) is 0 Å². The van der Waals surface area contributed by atoms with Gasteiger partial charge in [-0.2, -0.15) is 0 Å². The molecule has 1 aromatic carbocycles. The second-order valence-corrected chi connectivity index (χ2v) is 9.72. The molecule has 5 nitrogen and oxygen atoms in total. The van der Waals surface area contributed by atoms with Crippen LogP contribution in [-0.4, -0.2) is 15.9 Å². The number of nitrogens with zero attached hydrogens (tertiary/aromatic N) is 1. The van der Waals surface area contributed by atoms with Crippen LogP contribution in [-0.2, 0) is 9.84 Å². The number of nitro benzene ring substituents is 1. The highest BCUT2D eigenvalue weighted by Gasteiger charge is 2.39. The Balaban J connectivity index is 3.46. The van der Waals surface area contributed by atoms with Crippen LogP contribution in [0.1, 0.15) is 0 Å². The first kappa shape index (κ1) is 15.0. The van der Waals surface area contributed by atoms with Gasteiger partial charge in [-0.25, -0.2) is 8.42 Å². The summed E-state index contributed by atoms with van der Waals surface area (Å²) in [5, 5.41) is 10.4. The summed E-state index contributed by atoms with van der Waals surface area (Å²) in [6.07, 6.45) is 0. The summed E-state index contributed by atoms with van der Waals surface area (Å²) in [6, 6.07) is 2.95. The zero-order valence-electron chi connectivity index (χ0n) is 7.73. The molecule has 0 heterocycles. The van der Waals surface area contributed by atoms with E-state index in [9.17, 15) is 18.5 Å². The van der Waals surface area contributed by atoms with Gasteiger partial charge in [-0.05, 0) is 28.1 Å². The predicted octanol–water partition coefficient (Wildman–Crippen LogP) is 3.51. The molecule has 0 saturated heterocycles. The lowest BCUT2D eigenvalue weighted by molar-refractivity contribution is -0.384. The molecular weight excluding hydrogens is 380 g/mol. The van der Waals surface area contributed by atoms with Gasteiger partial charge in [0, 0.05) is 6.07 Å². The minimum atomic E-state index is -4.16. The molecule has 0 aliphatic carbocycles. The number of hydrogen-bond donors (Lipinski definition) is 0. The second-order valence-electron chi connectivity index (χ2n) is 2.82. The third-order valence-electron chi connectivity index (χ3n) is 1.73. The average Bonchev–Trinajstić information content (AvgIpc) is 2.15. The van der Waals surface area contributed by atoms with E-state index in [1.54, 1.807) is 0 Å². The van der Waals surface area contributed by atoms with Crippen molar-refractivity contribution in [2.45, 2.75) is 7.47 Å². The van der Waals surface area contributed by atoms with E-state index in [2.05, 4.69) is 15.9 Å². The summed E-state index contributed by atoms with van der Waals surface area (Å²) in [6.45, 7) is 0. The Morgan fingerprint density at radius 3 is 2.29 bits per heavy atom. The maximum absolute atomic E-state index is 11.8. The van der Waals surface area contributed by atoms with Crippen LogP contribution in [0.15, 0.2) is 23.1 Å². The van der Waals surface area contributed by atoms with Crippen LogP contribution < -0.4 is 0 Å². The van der Waals surface area contributed by atoms with Crippen molar-refractivity contribution in [3.63, 3.8) is 0 Å². The van der Waals surface area contributed by atoms with Crippen molar-refractivity contribution in [3.05, 3.63) is 33.3 Å². The molecule has 0 aliphatic rings. The zero-order valence-corrected chi connectivity index (χ0v) is 12.4. The van der Waals surface area contributed by atoms with Gasteiger partial charge in [0.1, 0.15) is 5.02 Å². The molecule has 0 aliphatic heterocycles. The summed E-state index contributed by atoms with van der Waals surface area (Å²) >= 11 is 18.9. The number of nitro groups is 1. The lowest BCUT2D eigenvalue weighted by atomic mass is 10.3. The third kappa shape index (κ3) is 3.03. The van der Waals surface area contributed by atoms with E-state index >= 15 is 0 Å². The Morgan fingerprint density at radius 2 is 1.88 bits per heavy atom. The monoisotopic (exact) mass is 381 g/mol. The molecule has 10 heteroatoms. The van der Waals surface area contributed by atoms with Gasteiger partial charge < -0.3 is 0 Å². The van der Waals surface area contributed by atoms with Gasteiger partial charge >= 0.3 is 0 Å². The second kappa shape index (κ2) is 4.89. The molecule has 0 radical (unpaired) electrons.